The molecule has 1 unspecified atom stereocenters. The Hall–Kier alpha value is -3.68. The number of thioether (sulfide) groups is 1. The molecule has 1 aliphatic carbocycles. The van der Waals surface area contributed by atoms with Crippen molar-refractivity contribution in [3.05, 3.63) is 45.5 Å². The van der Waals surface area contributed by atoms with Crippen molar-refractivity contribution in [2.75, 3.05) is 38.3 Å². The van der Waals surface area contributed by atoms with Gasteiger partial charge >= 0.3 is 5.97 Å². The molecule has 0 fully saturated rings. The quantitative estimate of drug-likeness (QED) is 0.366. The van der Waals surface area contributed by atoms with E-state index >= 15 is 0 Å². The Morgan fingerprint density at radius 1 is 1.12 bits per heavy atom. The Morgan fingerprint density at radius 3 is 2.30 bits per heavy atom. The number of carbonyl (C=O) groups is 5. The Labute approximate surface area is 259 Å². The molecule has 43 heavy (non-hydrogen) atoms. The van der Waals surface area contributed by atoms with Crippen LogP contribution >= 0.6 is 23.1 Å². The van der Waals surface area contributed by atoms with Gasteiger partial charge in [0.15, 0.2) is 17.6 Å². The van der Waals surface area contributed by atoms with Crippen molar-refractivity contribution in [3.63, 3.8) is 0 Å². The molecule has 1 aromatic carbocycles. The molecule has 1 atom stereocenters. The van der Waals surface area contributed by atoms with E-state index in [0.717, 1.165) is 26.0 Å². The first-order valence-corrected chi connectivity index (χ1v) is 15.2. The largest absolute Gasteiger partial charge is 0.480 e. The van der Waals surface area contributed by atoms with Crippen molar-refractivity contribution >= 4 is 74.3 Å². The van der Waals surface area contributed by atoms with Crippen LogP contribution in [-0.2, 0) is 24.0 Å². The highest BCUT2D eigenvalue weighted by Crippen LogP contribution is 2.39. The fourth-order valence-electron chi connectivity index (χ4n) is 4.57. The van der Waals surface area contributed by atoms with E-state index in [1.165, 1.54) is 16.7 Å². The van der Waals surface area contributed by atoms with Crippen molar-refractivity contribution in [1.29, 1.82) is 0 Å². The summed E-state index contributed by atoms with van der Waals surface area (Å²) in [6, 6.07) is 5.32. The summed E-state index contributed by atoms with van der Waals surface area (Å²) in [6.45, 7) is 10.7. The minimum Gasteiger partial charge on any atom is -0.480 e. The minimum atomic E-state index is -0.874. The molecule has 2 aliphatic rings. The van der Waals surface area contributed by atoms with Crippen LogP contribution in [0, 0.1) is 5.41 Å². The van der Waals surface area contributed by atoms with E-state index in [0.29, 0.717) is 28.0 Å². The molecule has 0 spiro atoms. The third kappa shape index (κ3) is 8.24. The lowest BCUT2D eigenvalue weighted by Gasteiger charge is -2.32. The average Bonchev–Trinajstić information content (AvgIpc) is 3.63. The number of benzene rings is 1. The molecule has 0 saturated carbocycles. The van der Waals surface area contributed by atoms with E-state index in [9.17, 15) is 19.2 Å². The second-order valence-corrected chi connectivity index (χ2v) is 12.6. The first-order valence-electron chi connectivity index (χ1n) is 13.4. The van der Waals surface area contributed by atoms with E-state index in [2.05, 4.69) is 15.3 Å². The minimum absolute atomic E-state index is 0.108. The second kappa shape index (κ2) is 15.2. The Morgan fingerprint density at radius 2 is 1.74 bits per heavy atom. The fourth-order valence-corrected chi connectivity index (χ4v) is 6.68. The highest BCUT2D eigenvalue weighted by atomic mass is 32.2. The number of ketones is 2. The molecule has 1 aliphatic heterocycles. The lowest BCUT2D eigenvalue weighted by atomic mass is 9.71. The molecule has 3 N–H and O–H groups in total. The normalized spacial score (nSPS) is 16.7. The highest BCUT2D eigenvalue weighted by molar-refractivity contribution is 8.15. The zero-order valence-electron chi connectivity index (χ0n) is 25.4. The number of carboxylic acids is 1. The molecular formula is C30H38N4O7S2. The maximum absolute atomic E-state index is 12.6. The number of thiazole rings is 1. The number of rotatable bonds is 8. The second-order valence-electron chi connectivity index (χ2n) is 10.6. The third-order valence-electron chi connectivity index (χ3n) is 7.11. The monoisotopic (exact) mass is 630 g/mol. The van der Waals surface area contributed by atoms with Gasteiger partial charge in [-0.3, -0.25) is 19.4 Å². The SMILES string of the molecule is C=O.CC1=C(C)C(=O)C(C(C)(C)CC(=O)N(C)CCO)=C(C)C1=O.CNc1ccc2nc(C3=NC(C(=O)O)CS3)sc2c1. The van der Waals surface area contributed by atoms with Crippen molar-refractivity contribution in [2.45, 2.75) is 47.1 Å². The topological polar surface area (TPSA) is 166 Å². The molecule has 232 valence electrons. The number of hydrogen-bond acceptors (Lipinski definition) is 11. The predicted molar refractivity (Wildman–Crippen MR) is 171 cm³/mol. The first-order chi connectivity index (χ1) is 20.2. The van der Waals surface area contributed by atoms with Gasteiger partial charge in [0.1, 0.15) is 16.8 Å². The number of nitrogens with one attached hydrogen (secondary N) is 1. The molecule has 1 amide bonds. The van der Waals surface area contributed by atoms with Crippen LogP contribution in [0.1, 0.15) is 46.0 Å². The Balaban J connectivity index is 0.000000286. The summed E-state index contributed by atoms with van der Waals surface area (Å²) >= 11 is 3.00. The molecule has 13 heteroatoms. The molecule has 11 nitrogen and oxygen atoms in total. The summed E-state index contributed by atoms with van der Waals surface area (Å²) in [5.41, 5.74) is 3.00. The molecule has 2 aromatic rings. The summed E-state index contributed by atoms with van der Waals surface area (Å²) in [6.07, 6.45) is 0.113. The van der Waals surface area contributed by atoms with Gasteiger partial charge in [-0.05, 0) is 39.0 Å². The third-order valence-corrected chi connectivity index (χ3v) is 9.32. The molecule has 0 radical (unpaired) electrons. The number of aliphatic hydroxyl groups is 1. The summed E-state index contributed by atoms with van der Waals surface area (Å²) in [5, 5.41) is 22.5. The van der Waals surface area contributed by atoms with Crippen molar-refractivity contribution < 1.29 is 34.2 Å². The van der Waals surface area contributed by atoms with Crippen molar-refractivity contribution in [1.82, 2.24) is 9.88 Å². The summed E-state index contributed by atoms with van der Waals surface area (Å²) in [7, 11) is 3.48. The molecule has 0 bridgehead atoms. The number of carbonyl (C=O) groups excluding carboxylic acids is 4. The number of nitrogens with zero attached hydrogens (tertiary/aromatic N) is 3. The fraction of sp³-hybridized carbons (Fsp3) is 0.433. The van der Waals surface area contributed by atoms with Gasteiger partial charge in [-0.1, -0.05) is 13.8 Å². The summed E-state index contributed by atoms with van der Waals surface area (Å²) in [5.74, 6) is -0.833. The standard InChI is InChI=1S/C17H25NO4.C12H11N3O2S2.CH2O/c1-10-11(2)16(22)14(12(3)15(10)21)17(4,5)9-13(20)18(6)7-8-19;1-13-6-2-3-7-9(4-6)19-11(14-7)10-15-8(5-18-10)12(16)17;1-2/h19H,7-9H2,1-6H3;2-4,8,13H,5H2,1H3,(H,16,17);1H2. The number of aliphatic hydroxyl groups excluding tert-OH is 1. The average molecular weight is 631 g/mol. The van der Waals surface area contributed by atoms with Crippen LogP contribution in [0.5, 0.6) is 0 Å². The lowest BCUT2D eigenvalue weighted by Crippen LogP contribution is -2.36. The number of aromatic nitrogens is 1. The summed E-state index contributed by atoms with van der Waals surface area (Å²) in [4.78, 5) is 66.1. The van der Waals surface area contributed by atoms with Crippen LogP contribution in [0.25, 0.3) is 10.2 Å². The van der Waals surface area contributed by atoms with E-state index in [4.69, 9.17) is 15.0 Å². The van der Waals surface area contributed by atoms with E-state index in [1.807, 2.05) is 32.0 Å². The number of fused-ring (bicyclic) bond motifs is 1. The molecular weight excluding hydrogens is 592 g/mol. The predicted octanol–water partition coefficient (Wildman–Crippen LogP) is 3.76. The number of carboxylic acid groups (broad SMARTS) is 1. The van der Waals surface area contributed by atoms with Crippen LogP contribution in [0.15, 0.2) is 45.5 Å². The molecule has 1 aromatic heterocycles. The molecule has 2 heterocycles. The number of likely N-dealkylation sites (N-methyl/N-ethyl adjacent to an activating group) is 1. The van der Waals surface area contributed by atoms with Crippen molar-refractivity contribution in [3.8, 4) is 0 Å². The molecule has 0 saturated heterocycles. The van der Waals surface area contributed by atoms with Gasteiger partial charge in [0.25, 0.3) is 0 Å². The number of allylic oxidation sites excluding steroid dienone is 4. The Kier molecular flexibility index (Phi) is 12.5. The number of hydrogen-bond donors (Lipinski definition) is 3. The van der Waals surface area contributed by atoms with E-state index in [1.54, 1.807) is 53.0 Å². The van der Waals surface area contributed by atoms with Crippen molar-refractivity contribution in [2.24, 2.45) is 10.4 Å². The highest BCUT2D eigenvalue weighted by Gasteiger charge is 2.38. The maximum Gasteiger partial charge on any atom is 0.329 e. The lowest BCUT2D eigenvalue weighted by molar-refractivity contribution is -0.138. The number of amides is 1. The summed E-state index contributed by atoms with van der Waals surface area (Å²) < 4.78 is 1.07. The van der Waals surface area contributed by atoms with Gasteiger partial charge in [0.05, 0.1) is 16.8 Å². The van der Waals surface area contributed by atoms with Gasteiger partial charge in [-0.25, -0.2) is 9.78 Å². The van der Waals surface area contributed by atoms with Gasteiger partial charge in [-0.2, -0.15) is 0 Å². The number of anilines is 1. The smallest absolute Gasteiger partial charge is 0.329 e. The van der Waals surface area contributed by atoms with Crippen LogP contribution < -0.4 is 5.32 Å². The number of aliphatic carboxylic acids is 1. The van der Waals surface area contributed by atoms with E-state index < -0.39 is 17.4 Å². The van der Waals surface area contributed by atoms with Gasteiger partial charge in [0.2, 0.25) is 5.91 Å². The number of aliphatic imine (C=N–C) groups is 1. The van der Waals surface area contributed by atoms with Crippen LogP contribution in [-0.4, -0.2) is 94.4 Å². The van der Waals surface area contributed by atoms with Crippen LogP contribution in [0.3, 0.4) is 0 Å². The molecule has 4 rings (SSSR count). The number of Topliss-reactive ketones (excluding diaryl/α,β-unsaturated/α-hetero) is 2. The first kappa shape index (κ1) is 35.5. The zero-order chi connectivity index (χ0) is 32.6. The van der Waals surface area contributed by atoms with Gasteiger partial charge in [0, 0.05) is 66.2 Å². The van der Waals surface area contributed by atoms with Crippen LogP contribution in [0.2, 0.25) is 0 Å². The maximum atomic E-state index is 12.6. The van der Waals surface area contributed by atoms with Gasteiger partial charge < -0.3 is 25.2 Å². The Bertz CT molecular complexity index is 1510. The zero-order valence-corrected chi connectivity index (χ0v) is 27.1. The van der Waals surface area contributed by atoms with E-state index in [-0.39, 0.29) is 37.0 Å². The van der Waals surface area contributed by atoms with Gasteiger partial charge in [-0.15, -0.1) is 23.1 Å². The van der Waals surface area contributed by atoms with Crippen LogP contribution in [0.4, 0.5) is 5.69 Å².